The van der Waals surface area contributed by atoms with E-state index in [1.165, 1.54) is 0 Å². The van der Waals surface area contributed by atoms with Crippen molar-refractivity contribution < 1.29 is 12.6 Å². The van der Waals surface area contributed by atoms with Gasteiger partial charge < -0.3 is 0 Å². The van der Waals surface area contributed by atoms with E-state index >= 15 is 0 Å². The molecule has 1 unspecified atom stereocenters. The van der Waals surface area contributed by atoms with Gasteiger partial charge in [0.25, 0.3) is 0 Å². The molecule has 0 aromatic carbocycles. The van der Waals surface area contributed by atoms with Crippen LogP contribution in [0.4, 0.5) is 0 Å². The van der Waals surface area contributed by atoms with Gasteiger partial charge in [0.15, 0.2) is 0 Å². The van der Waals surface area contributed by atoms with E-state index in [-0.39, 0.29) is 0 Å². The fourth-order valence-corrected chi connectivity index (χ4v) is 1.67. The molecule has 0 spiro atoms. The van der Waals surface area contributed by atoms with Crippen molar-refractivity contribution in [2.45, 2.75) is 60.0 Å². The maximum absolute atomic E-state index is 11.2. The van der Waals surface area contributed by atoms with Crippen LogP contribution in [-0.4, -0.2) is 16.4 Å². The molecule has 0 N–H and O–H groups in total. The molecular formula is C11H24O3S. The summed E-state index contributed by atoms with van der Waals surface area (Å²) < 4.78 is 21.4. The highest BCUT2D eigenvalue weighted by Gasteiger charge is 2.16. The first-order chi connectivity index (χ1) is 6.60. The lowest BCUT2D eigenvalue weighted by Crippen LogP contribution is -2.22. The molecule has 0 aliphatic rings. The van der Waals surface area contributed by atoms with Crippen molar-refractivity contribution >= 4 is 11.4 Å². The Morgan fingerprint density at radius 3 is 2.00 bits per heavy atom. The van der Waals surface area contributed by atoms with Crippen LogP contribution >= 0.6 is 0 Å². The summed E-state index contributed by atoms with van der Waals surface area (Å²) in [6.07, 6.45) is 1.96. The van der Waals surface area contributed by atoms with E-state index in [0.717, 1.165) is 12.8 Å². The number of hydrogen-bond donors (Lipinski definition) is 0. The second-order valence-corrected chi connectivity index (χ2v) is 6.70. The normalized spacial score (nSPS) is 15.3. The third-order valence-corrected chi connectivity index (χ3v) is 2.56. The second kappa shape index (κ2) is 5.97. The predicted molar refractivity (Wildman–Crippen MR) is 63.6 cm³/mol. The van der Waals surface area contributed by atoms with Gasteiger partial charge in [0, 0.05) is 0 Å². The molecule has 0 aromatic heterocycles. The molecule has 15 heavy (non-hydrogen) atoms. The fourth-order valence-electron chi connectivity index (χ4n) is 0.958. The third-order valence-electron chi connectivity index (χ3n) is 1.57. The van der Waals surface area contributed by atoms with Crippen molar-refractivity contribution in [3.63, 3.8) is 0 Å². The average Bonchev–Trinajstić information content (AvgIpc) is 1.92. The Hall–Kier alpha value is 0.0700. The van der Waals surface area contributed by atoms with Crippen LogP contribution in [0, 0.1) is 5.41 Å². The molecule has 0 radical (unpaired) electrons. The van der Waals surface area contributed by atoms with Gasteiger partial charge in [-0.3, -0.25) is 8.37 Å². The van der Waals surface area contributed by atoms with E-state index in [0.29, 0.717) is 12.0 Å². The highest BCUT2D eigenvalue weighted by atomic mass is 32.2. The molecule has 3 nitrogen and oxygen atoms in total. The SMILES string of the molecule is CC(C)(C)CCCOS(=O)OC(C)(C)C. The Morgan fingerprint density at radius 1 is 1.07 bits per heavy atom. The molecule has 92 valence electrons. The maximum atomic E-state index is 11.2. The molecule has 0 fully saturated rings. The van der Waals surface area contributed by atoms with Crippen molar-refractivity contribution in [3.8, 4) is 0 Å². The smallest absolute Gasteiger partial charge is 0.268 e. The van der Waals surface area contributed by atoms with E-state index in [2.05, 4.69) is 20.8 Å². The minimum atomic E-state index is -1.62. The van der Waals surface area contributed by atoms with Crippen molar-refractivity contribution in [2.24, 2.45) is 5.41 Å². The van der Waals surface area contributed by atoms with Gasteiger partial charge in [-0.25, -0.2) is 0 Å². The Morgan fingerprint density at radius 2 is 1.60 bits per heavy atom. The summed E-state index contributed by atoms with van der Waals surface area (Å²) in [5.74, 6) is 0. The standard InChI is InChI=1S/C11H24O3S/c1-10(2,3)8-7-9-13-15(12)14-11(4,5)6/h7-9H2,1-6H3. The molecule has 0 bridgehead atoms. The van der Waals surface area contributed by atoms with Gasteiger partial charge >= 0.3 is 11.4 Å². The first-order valence-corrected chi connectivity index (χ1v) is 6.35. The largest absolute Gasteiger partial charge is 0.305 e. The molecule has 0 aliphatic heterocycles. The second-order valence-electron chi connectivity index (χ2n) is 5.89. The molecule has 0 heterocycles. The summed E-state index contributed by atoms with van der Waals surface area (Å²) >= 11 is -1.62. The van der Waals surface area contributed by atoms with Crippen molar-refractivity contribution in [1.29, 1.82) is 0 Å². The van der Waals surface area contributed by atoms with E-state index < -0.39 is 17.0 Å². The quantitative estimate of drug-likeness (QED) is 0.688. The molecule has 0 saturated carbocycles. The number of hydrogen-bond acceptors (Lipinski definition) is 3. The highest BCUT2D eigenvalue weighted by Crippen LogP contribution is 2.20. The summed E-state index contributed by atoms with van der Waals surface area (Å²) in [6, 6.07) is 0. The topological polar surface area (TPSA) is 35.5 Å². The fraction of sp³-hybridized carbons (Fsp3) is 1.00. The van der Waals surface area contributed by atoms with E-state index in [9.17, 15) is 4.21 Å². The zero-order chi connectivity index (χ0) is 12.1. The molecule has 1 atom stereocenters. The van der Waals surface area contributed by atoms with E-state index in [1.54, 1.807) is 0 Å². The molecule has 4 heteroatoms. The summed E-state index contributed by atoms with van der Waals surface area (Å²) in [6.45, 7) is 12.6. The average molecular weight is 236 g/mol. The minimum Gasteiger partial charge on any atom is -0.268 e. The van der Waals surface area contributed by atoms with Crippen LogP contribution in [0.3, 0.4) is 0 Å². The first kappa shape index (κ1) is 15.1. The lowest BCUT2D eigenvalue weighted by atomic mass is 9.91. The van der Waals surface area contributed by atoms with Gasteiger partial charge in [0.1, 0.15) is 0 Å². The van der Waals surface area contributed by atoms with Crippen LogP contribution < -0.4 is 0 Å². The van der Waals surface area contributed by atoms with Gasteiger partial charge in [-0.15, -0.1) is 0 Å². The molecule has 0 aromatic rings. The third kappa shape index (κ3) is 12.0. The zero-order valence-electron chi connectivity index (χ0n) is 10.8. The van der Waals surface area contributed by atoms with Gasteiger partial charge in [0.05, 0.1) is 12.2 Å². The highest BCUT2D eigenvalue weighted by molar-refractivity contribution is 7.75. The van der Waals surface area contributed by atoms with Crippen molar-refractivity contribution in [3.05, 3.63) is 0 Å². The van der Waals surface area contributed by atoms with Crippen LogP contribution in [-0.2, 0) is 19.7 Å². The first-order valence-electron chi connectivity index (χ1n) is 5.35. The minimum absolute atomic E-state index is 0.301. The molecular weight excluding hydrogens is 212 g/mol. The van der Waals surface area contributed by atoms with Crippen molar-refractivity contribution in [2.75, 3.05) is 6.61 Å². The zero-order valence-corrected chi connectivity index (χ0v) is 11.6. The van der Waals surface area contributed by atoms with Crippen LogP contribution in [0.25, 0.3) is 0 Å². The lowest BCUT2D eigenvalue weighted by Gasteiger charge is -2.19. The van der Waals surface area contributed by atoms with Gasteiger partial charge in [0.2, 0.25) is 0 Å². The Kier molecular flexibility index (Phi) is 5.99. The predicted octanol–water partition coefficient (Wildman–Crippen LogP) is 3.22. The summed E-state index contributed by atoms with van der Waals surface area (Å²) in [5, 5.41) is 0. The Bertz CT molecular complexity index is 201. The van der Waals surface area contributed by atoms with E-state index in [4.69, 9.17) is 8.37 Å². The monoisotopic (exact) mass is 236 g/mol. The van der Waals surface area contributed by atoms with Crippen molar-refractivity contribution in [1.82, 2.24) is 0 Å². The Labute approximate surface area is 96.4 Å². The number of rotatable bonds is 5. The van der Waals surface area contributed by atoms with Gasteiger partial charge in [-0.05, 0) is 39.0 Å². The Balaban J connectivity index is 3.57. The van der Waals surface area contributed by atoms with Crippen LogP contribution in [0.2, 0.25) is 0 Å². The van der Waals surface area contributed by atoms with Crippen LogP contribution in [0.1, 0.15) is 54.4 Å². The molecule has 0 aliphatic carbocycles. The molecule has 0 amide bonds. The summed E-state index contributed by atoms with van der Waals surface area (Å²) in [5.41, 5.74) is -0.120. The van der Waals surface area contributed by atoms with E-state index in [1.807, 2.05) is 20.8 Å². The van der Waals surface area contributed by atoms with Crippen LogP contribution in [0.15, 0.2) is 0 Å². The lowest BCUT2D eigenvalue weighted by molar-refractivity contribution is 0.120. The summed E-state index contributed by atoms with van der Waals surface area (Å²) in [4.78, 5) is 0. The van der Waals surface area contributed by atoms with Gasteiger partial charge in [-0.1, -0.05) is 20.8 Å². The van der Waals surface area contributed by atoms with Crippen LogP contribution in [0.5, 0.6) is 0 Å². The maximum Gasteiger partial charge on any atom is 0.305 e. The molecule has 0 saturated heterocycles. The molecule has 0 rings (SSSR count). The summed E-state index contributed by atoms with van der Waals surface area (Å²) in [7, 11) is 0. The van der Waals surface area contributed by atoms with Gasteiger partial charge in [-0.2, -0.15) is 4.21 Å².